The average molecular weight is 493 g/mol. The molecule has 0 fully saturated rings. The number of methoxy groups -OCH3 is 2. The van der Waals surface area contributed by atoms with E-state index in [-0.39, 0.29) is 18.7 Å². The van der Waals surface area contributed by atoms with Crippen molar-refractivity contribution in [3.8, 4) is 0 Å². The zero-order valence-electron chi connectivity index (χ0n) is 19.1. The van der Waals surface area contributed by atoms with Gasteiger partial charge in [-0.05, 0) is 17.2 Å². The van der Waals surface area contributed by atoms with Crippen molar-refractivity contribution < 1.29 is 37.0 Å². The molecule has 2 aromatic rings. The fourth-order valence-electron chi connectivity index (χ4n) is 2.93. The Morgan fingerprint density at radius 2 is 1.51 bits per heavy atom. The fraction of sp³-hybridized carbons (Fsp3) is 0.292. The van der Waals surface area contributed by atoms with Crippen molar-refractivity contribution in [1.82, 2.24) is 16.0 Å². The van der Waals surface area contributed by atoms with Crippen LogP contribution in [0.5, 0.6) is 0 Å². The van der Waals surface area contributed by atoms with Crippen molar-refractivity contribution in [2.24, 2.45) is 0 Å². The van der Waals surface area contributed by atoms with Gasteiger partial charge < -0.3 is 25.4 Å². The van der Waals surface area contributed by atoms with Gasteiger partial charge in [-0.2, -0.15) is 13.2 Å². The molecule has 0 bridgehead atoms. The predicted molar refractivity (Wildman–Crippen MR) is 122 cm³/mol. The number of alkyl halides is 3. The molecule has 2 rings (SSSR count). The number of amides is 3. The molecular weight excluding hydrogens is 467 g/mol. The highest BCUT2D eigenvalue weighted by Gasteiger charge is 2.41. The lowest BCUT2D eigenvalue weighted by molar-refractivity contribution is -0.174. The molecule has 0 unspecified atom stereocenters. The van der Waals surface area contributed by atoms with Crippen LogP contribution < -0.4 is 16.0 Å². The Bertz CT molecular complexity index is 1010. The Hall–Kier alpha value is -3.70. The van der Waals surface area contributed by atoms with Crippen LogP contribution in [-0.2, 0) is 30.3 Å². The minimum absolute atomic E-state index is 0.0634. The Labute approximate surface area is 200 Å². The van der Waals surface area contributed by atoms with E-state index in [0.717, 1.165) is 0 Å². The van der Waals surface area contributed by atoms with Crippen molar-refractivity contribution in [3.05, 3.63) is 77.5 Å². The molecule has 11 heteroatoms. The SMILES string of the molecule is COC(CNC(=O)/C(=C/c1ccccc1)NC(=O)[C@@H](Cc1ccccc1)NC(=O)C(F)(F)F)OC. The van der Waals surface area contributed by atoms with Crippen molar-refractivity contribution in [1.29, 1.82) is 0 Å². The van der Waals surface area contributed by atoms with Gasteiger partial charge in [0.1, 0.15) is 11.7 Å². The number of benzene rings is 2. The molecule has 0 aliphatic rings. The molecule has 1 atom stereocenters. The van der Waals surface area contributed by atoms with Gasteiger partial charge in [0.2, 0.25) is 5.91 Å². The van der Waals surface area contributed by atoms with Crippen molar-refractivity contribution in [2.75, 3.05) is 20.8 Å². The molecule has 0 aromatic heterocycles. The molecule has 3 N–H and O–H groups in total. The third kappa shape index (κ3) is 9.22. The van der Waals surface area contributed by atoms with E-state index in [1.165, 1.54) is 20.3 Å². The van der Waals surface area contributed by atoms with E-state index in [0.29, 0.717) is 11.1 Å². The fourth-order valence-corrected chi connectivity index (χ4v) is 2.93. The number of halogens is 3. The summed E-state index contributed by atoms with van der Waals surface area (Å²) in [6.07, 6.45) is -4.83. The van der Waals surface area contributed by atoms with Crippen LogP contribution in [0.25, 0.3) is 6.08 Å². The van der Waals surface area contributed by atoms with Crippen molar-refractivity contribution in [3.63, 3.8) is 0 Å². The highest BCUT2D eigenvalue weighted by Crippen LogP contribution is 2.16. The molecule has 188 valence electrons. The molecule has 0 spiro atoms. The summed E-state index contributed by atoms with van der Waals surface area (Å²) < 4.78 is 48.7. The maximum Gasteiger partial charge on any atom is 0.471 e. The van der Waals surface area contributed by atoms with Gasteiger partial charge >= 0.3 is 12.1 Å². The molecule has 0 saturated carbocycles. The van der Waals surface area contributed by atoms with Crippen LogP contribution in [0.2, 0.25) is 0 Å². The van der Waals surface area contributed by atoms with E-state index in [1.54, 1.807) is 66.0 Å². The number of nitrogens with one attached hydrogen (secondary N) is 3. The van der Waals surface area contributed by atoms with Gasteiger partial charge in [-0.3, -0.25) is 14.4 Å². The number of carbonyl (C=O) groups excluding carboxylic acids is 3. The van der Waals surface area contributed by atoms with Crippen LogP contribution >= 0.6 is 0 Å². The number of hydrogen-bond donors (Lipinski definition) is 3. The minimum atomic E-state index is -5.19. The van der Waals surface area contributed by atoms with Gasteiger partial charge in [0.25, 0.3) is 5.91 Å². The van der Waals surface area contributed by atoms with Crippen molar-refractivity contribution in [2.45, 2.75) is 24.9 Å². The second kappa shape index (κ2) is 13.3. The zero-order valence-corrected chi connectivity index (χ0v) is 19.1. The van der Waals surface area contributed by atoms with E-state index < -0.39 is 36.2 Å². The lowest BCUT2D eigenvalue weighted by Gasteiger charge is -2.21. The third-order valence-corrected chi connectivity index (χ3v) is 4.73. The minimum Gasteiger partial charge on any atom is -0.354 e. The molecule has 2 aromatic carbocycles. The third-order valence-electron chi connectivity index (χ3n) is 4.73. The van der Waals surface area contributed by atoms with Crippen LogP contribution in [0.4, 0.5) is 13.2 Å². The predicted octanol–water partition coefficient (Wildman–Crippen LogP) is 2.17. The smallest absolute Gasteiger partial charge is 0.354 e. The first-order valence-corrected chi connectivity index (χ1v) is 10.5. The van der Waals surface area contributed by atoms with Gasteiger partial charge in [0.15, 0.2) is 6.29 Å². The number of ether oxygens (including phenoxy) is 2. The second-order valence-corrected chi connectivity index (χ2v) is 7.28. The highest BCUT2D eigenvalue weighted by atomic mass is 19.4. The standard InChI is InChI=1S/C24H26F3N3O5/c1-34-20(35-2)15-28-21(31)18(13-16-9-5-3-6-10-16)29-22(32)19(30-23(33)24(25,26)27)14-17-11-7-4-8-12-17/h3-13,19-20H,14-15H2,1-2H3,(H,28,31)(H,29,32)(H,30,33)/b18-13-/t19-/m1/s1. The average Bonchev–Trinajstić information content (AvgIpc) is 2.84. The summed E-state index contributed by atoms with van der Waals surface area (Å²) in [7, 11) is 2.75. The molecule has 0 aliphatic heterocycles. The van der Waals surface area contributed by atoms with E-state index in [2.05, 4.69) is 10.6 Å². The first-order chi connectivity index (χ1) is 16.6. The van der Waals surface area contributed by atoms with E-state index >= 15 is 0 Å². The van der Waals surface area contributed by atoms with E-state index in [4.69, 9.17) is 9.47 Å². The Morgan fingerprint density at radius 3 is 2.06 bits per heavy atom. The summed E-state index contributed by atoms with van der Waals surface area (Å²) in [6, 6.07) is 15.1. The number of rotatable bonds is 11. The van der Waals surface area contributed by atoms with E-state index in [1.807, 2.05) is 0 Å². The quantitative estimate of drug-likeness (QED) is 0.329. The molecule has 35 heavy (non-hydrogen) atoms. The van der Waals surface area contributed by atoms with Gasteiger partial charge in [0.05, 0.1) is 6.54 Å². The molecule has 0 radical (unpaired) electrons. The maximum atomic E-state index is 13.0. The van der Waals surface area contributed by atoms with Gasteiger partial charge in [-0.15, -0.1) is 0 Å². The van der Waals surface area contributed by atoms with Crippen LogP contribution in [-0.4, -0.2) is 57.0 Å². The van der Waals surface area contributed by atoms with Crippen LogP contribution in [0.1, 0.15) is 11.1 Å². The molecule has 0 aliphatic carbocycles. The maximum absolute atomic E-state index is 13.0. The topological polar surface area (TPSA) is 106 Å². The Balaban J connectivity index is 2.30. The van der Waals surface area contributed by atoms with Crippen LogP contribution in [0, 0.1) is 0 Å². The lowest BCUT2D eigenvalue weighted by Crippen LogP contribution is -2.52. The normalized spacial score (nSPS) is 12.7. The van der Waals surface area contributed by atoms with Crippen LogP contribution in [0.15, 0.2) is 66.4 Å². The van der Waals surface area contributed by atoms with E-state index in [9.17, 15) is 27.6 Å². The summed E-state index contributed by atoms with van der Waals surface area (Å²) in [6.45, 7) is -0.0634. The van der Waals surface area contributed by atoms with Crippen LogP contribution in [0.3, 0.4) is 0 Å². The largest absolute Gasteiger partial charge is 0.471 e. The highest BCUT2D eigenvalue weighted by molar-refractivity contribution is 6.02. The molecule has 0 saturated heterocycles. The Morgan fingerprint density at radius 1 is 0.943 bits per heavy atom. The lowest BCUT2D eigenvalue weighted by atomic mass is 10.0. The summed E-state index contributed by atoms with van der Waals surface area (Å²) >= 11 is 0. The second-order valence-electron chi connectivity index (χ2n) is 7.28. The van der Waals surface area contributed by atoms with Gasteiger partial charge in [-0.1, -0.05) is 60.7 Å². The zero-order chi connectivity index (χ0) is 25.8. The first kappa shape index (κ1) is 27.5. The molecular formula is C24H26F3N3O5. The van der Waals surface area contributed by atoms with Crippen molar-refractivity contribution >= 4 is 23.8 Å². The molecule has 8 nitrogen and oxygen atoms in total. The monoisotopic (exact) mass is 493 g/mol. The molecule has 3 amide bonds. The summed E-state index contributed by atoms with van der Waals surface area (Å²) in [5.41, 5.74) is 0.814. The van der Waals surface area contributed by atoms with Gasteiger partial charge in [0, 0.05) is 20.6 Å². The Kier molecular flexibility index (Phi) is 10.4. The molecule has 0 heterocycles. The summed E-state index contributed by atoms with van der Waals surface area (Å²) in [4.78, 5) is 37.4. The first-order valence-electron chi connectivity index (χ1n) is 10.5. The van der Waals surface area contributed by atoms with Gasteiger partial charge in [-0.25, -0.2) is 0 Å². The number of hydrogen-bond acceptors (Lipinski definition) is 5. The summed E-state index contributed by atoms with van der Waals surface area (Å²) in [5, 5.41) is 6.58. The number of carbonyl (C=O) groups is 3. The summed E-state index contributed by atoms with van der Waals surface area (Å²) in [5.74, 6) is -4.00.